The number of sulfonamides is 1. The Bertz CT molecular complexity index is 863. The summed E-state index contributed by atoms with van der Waals surface area (Å²) in [7, 11) is -3.52. The highest BCUT2D eigenvalue weighted by Crippen LogP contribution is 2.20. The topological polar surface area (TPSA) is 66.5 Å². The molecule has 0 radical (unpaired) electrons. The highest BCUT2D eigenvalue weighted by molar-refractivity contribution is 7.89. The number of carbonyl (C=O) groups excluding carboxylic acids is 1. The Labute approximate surface area is 153 Å². The van der Waals surface area contributed by atoms with Gasteiger partial charge in [0.05, 0.1) is 16.5 Å². The van der Waals surface area contributed by atoms with Crippen LogP contribution in [0, 0.1) is 5.82 Å². The van der Waals surface area contributed by atoms with Gasteiger partial charge in [0.15, 0.2) is 0 Å². The summed E-state index contributed by atoms with van der Waals surface area (Å²) >= 11 is 0. The first kappa shape index (κ1) is 20.1. The van der Waals surface area contributed by atoms with Gasteiger partial charge in [-0.25, -0.2) is 12.8 Å². The largest absolute Gasteiger partial charge is 0.345 e. The number of hydrogen-bond donors (Lipinski definition) is 1. The van der Waals surface area contributed by atoms with Crippen molar-refractivity contribution in [3.63, 3.8) is 0 Å². The van der Waals surface area contributed by atoms with E-state index in [-0.39, 0.29) is 10.5 Å². The summed E-state index contributed by atoms with van der Waals surface area (Å²) in [4.78, 5) is 12.4. The Morgan fingerprint density at radius 1 is 1.08 bits per heavy atom. The van der Waals surface area contributed by atoms with Gasteiger partial charge in [0, 0.05) is 13.1 Å². The smallest absolute Gasteiger partial charge is 0.254 e. The fraction of sp³-hybridized carbons (Fsp3) is 0.316. The van der Waals surface area contributed by atoms with Crippen LogP contribution in [0.4, 0.5) is 4.39 Å². The Kier molecular flexibility index (Phi) is 6.50. The number of nitrogens with one attached hydrogen (secondary N) is 1. The summed E-state index contributed by atoms with van der Waals surface area (Å²) in [5, 5.41) is 2.72. The van der Waals surface area contributed by atoms with Crippen molar-refractivity contribution in [3.05, 3.63) is 65.5 Å². The van der Waals surface area contributed by atoms with Gasteiger partial charge in [0.25, 0.3) is 5.91 Å². The maximum atomic E-state index is 13.7. The molecule has 0 saturated heterocycles. The molecule has 0 aliphatic rings. The van der Waals surface area contributed by atoms with Crippen LogP contribution >= 0.6 is 0 Å². The number of nitrogens with zero attached hydrogens (tertiary/aromatic N) is 1. The molecule has 7 heteroatoms. The van der Waals surface area contributed by atoms with Gasteiger partial charge in [-0.05, 0) is 36.8 Å². The maximum absolute atomic E-state index is 13.7. The number of amides is 1. The van der Waals surface area contributed by atoms with Crippen LogP contribution < -0.4 is 5.32 Å². The highest BCUT2D eigenvalue weighted by Gasteiger charge is 2.22. The summed E-state index contributed by atoms with van der Waals surface area (Å²) in [6.45, 7) is 6.13. The second-order valence-corrected chi connectivity index (χ2v) is 7.77. The van der Waals surface area contributed by atoms with Gasteiger partial charge in [-0.15, -0.1) is 0 Å². The van der Waals surface area contributed by atoms with Crippen LogP contribution in [-0.2, 0) is 10.0 Å². The van der Waals surface area contributed by atoms with E-state index in [0.717, 1.165) is 5.56 Å². The zero-order valence-electron chi connectivity index (χ0n) is 15.1. The monoisotopic (exact) mass is 378 g/mol. The molecule has 0 aliphatic heterocycles. The molecule has 140 valence electrons. The molecule has 0 aliphatic carbocycles. The number of benzene rings is 2. The molecular weight excluding hydrogens is 355 g/mol. The van der Waals surface area contributed by atoms with Crippen molar-refractivity contribution in [3.8, 4) is 0 Å². The van der Waals surface area contributed by atoms with Gasteiger partial charge >= 0.3 is 0 Å². The quantitative estimate of drug-likeness (QED) is 0.803. The lowest BCUT2D eigenvalue weighted by Crippen LogP contribution is -2.30. The minimum Gasteiger partial charge on any atom is -0.345 e. The average Bonchev–Trinajstić information content (AvgIpc) is 2.62. The standard InChI is InChI=1S/C19H23FN2O3S/c1-4-22(5-2)26(24,25)16-12-10-15(11-13-16)14(3)21-19(23)17-8-6-7-9-18(17)20/h6-14H,4-5H2,1-3H3,(H,21,23). The third-order valence-electron chi connectivity index (χ3n) is 4.19. The minimum atomic E-state index is -3.52. The SMILES string of the molecule is CCN(CC)S(=O)(=O)c1ccc(C(C)NC(=O)c2ccccc2F)cc1. The zero-order chi connectivity index (χ0) is 19.3. The van der Waals surface area contributed by atoms with E-state index in [2.05, 4.69) is 5.32 Å². The fourth-order valence-corrected chi connectivity index (χ4v) is 4.10. The molecular formula is C19H23FN2O3S. The van der Waals surface area contributed by atoms with Crippen molar-refractivity contribution in [2.75, 3.05) is 13.1 Å². The van der Waals surface area contributed by atoms with E-state index in [1.165, 1.54) is 34.6 Å². The van der Waals surface area contributed by atoms with Crippen molar-refractivity contribution < 1.29 is 17.6 Å². The van der Waals surface area contributed by atoms with Crippen LogP contribution in [-0.4, -0.2) is 31.7 Å². The Morgan fingerprint density at radius 2 is 1.65 bits per heavy atom. The molecule has 1 N–H and O–H groups in total. The van der Waals surface area contributed by atoms with Crippen molar-refractivity contribution in [1.29, 1.82) is 0 Å². The lowest BCUT2D eigenvalue weighted by Gasteiger charge is -2.19. The van der Waals surface area contributed by atoms with Crippen LogP contribution in [0.3, 0.4) is 0 Å². The van der Waals surface area contributed by atoms with Gasteiger partial charge in [0.2, 0.25) is 10.0 Å². The van der Waals surface area contributed by atoms with Crippen LogP contribution in [0.2, 0.25) is 0 Å². The summed E-state index contributed by atoms with van der Waals surface area (Å²) in [6.07, 6.45) is 0. The van der Waals surface area contributed by atoms with Gasteiger partial charge in [0.1, 0.15) is 5.82 Å². The average molecular weight is 378 g/mol. The molecule has 1 amide bonds. The Hall–Kier alpha value is -2.25. The van der Waals surface area contributed by atoms with E-state index in [0.29, 0.717) is 13.1 Å². The van der Waals surface area contributed by atoms with E-state index in [1.807, 2.05) is 0 Å². The minimum absolute atomic E-state index is 0.0277. The molecule has 2 aromatic rings. The fourth-order valence-electron chi connectivity index (χ4n) is 2.64. The van der Waals surface area contributed by atoms with E-state index in [9.17, 15) is 17.6 Å². The first-order valence-corrected chi connectivity index (χ1v) is 9.90. The predicted octanol–water partition coefficient (Wildman–Crippen LogP) is 3.35. The maximum Gasteiger partial charge on any atom is 0.254 e. The first-order valence-electron chi connectivity index (χ1n) is 8.46. The van der Waals surface area contributed by atoms with Gasteiger partial charge in [-0.1, -0.05) is 38.1 Å². The lowest BCUT2D eigenvalue weighted by atomic mass is 10.1. The normalized spacial score (nSPS) is 12.8. The van der Waals surface area contributed by atoms with Crippen molar-refractivity contribution >= 4 is 15.9 Å². The number of halogens is 1. The van der Waals surface area contributed by atoms with Gasteiger partial charge in [-0.3, -0.25) is 4.79 Å². The molecule has 0 aromatic heterocycles. The molecule has 0 spiro atoms. The summed E-state index contributed by atoms with van der Waals surface area (Å²) in [6, 6.07) is 11.7. The van der Waals surface area contributed by atoms with Crippen molar-refractivity contribution in [2.24, 2.45) is 0 Å². The lowest BCUT2D eigenvalue weighted by molar-refractivity contribution is 0.0936. The van der Waals surface area contributed by atoms with Crippen LogP contribution in [0.5, 0.6) is 0 Å². The predicted molar refractivity (Wildman–Crippen MR) is 98.8 cm³/mol. The van der Waals surface area contributed by atoms with Crippen LogP contribution in [0.1, 0.15) is 42.7 Å². The summed E-state index contributed by atoms with van der Waals surface area (Å²) in [5.41, 5.74) is 0.702. The Balaban J connectivity index is 2.15. The first-order chi connectivity index (χ1) is 12.3. The highest BCUT2D eigenvalue weighted by atomic mass is 32.2. The molecule has 2 rings (SSSR count). The van der Waals surface area contributed by atoms with E-state index in [1.54, 1.807) is 39.0 Å². The zero-order valence-corrected chi connectivity index (χ0v) is 15.9. The molecule has 2 aromatic carbocycles. The number of hydrogen-bond acceptors (Lipinski definition) is 3. The molecule has 0 heterocycles. The van der Waals surface area contributed by atoms with Crippen LogP contribution in [0.15, 0.2) is 53.4 Å². The van der Waals surface area contributed by atoms with Crippen molar-refractivity contribution in [2.45, 2.75) is 31.7 Å². The molecule has 1 atom stereocenters. The third-order valence-corrected chi connectivity index (χ3v) is 6.25. The second kappa shape index (κ2) is 8.42. The molecule has 1 unspecified atom stereocenters. The Morgan fingerprint density at radius 3 is 2.19 bits per heavy atom. The summed E-state index contributed by atoms with van der Waals surface area (Å²) in [5.74, 6) is -1.10. The molecule has 0 saturated carbocycles. The van der Waals surface area contributed by atoms with E-state index in [4.69, 9.17) is 0 Å². The molecule has 0 fully saturated rings. The van der Waals surface area contributed by atoms with E-state index >= 15 is 0 Å². The molecule has 5 nitrogen and oxygen atoms in total. The molecule has 0 bridgehead atoms. The van der Waals surface area contributed by atoms with Crippen LogP contribution in [0.25, 0.3) is 0 Å². The van der Waals surface area contributed by atoms with Gasteiger partial charge in [-0.2, -0.15) is 4.31 Å². The molecule has 26 heavy (non-hydrogen) atoms. The second-order valence-electron chi connectivity index (χ2n) is 5.83. The number of carbonyl (C=O) groups is 1. The summed E-state index contributed by atoms with van der Waals surface area (Å²) < 4.78 is 40.0. The van der Waals surface area contributed by atoms with Crippen molar-refractivity contribution in [1.82, 2.24) is 9.62 Å². The van der Waals surface area contributed by atoms with E-state index < -0.39 is 27.8 Å². The third kappa shape index (κ3) is 4.28. The number of rotatable bonds is 7. The van der Waals surface area contributed by atoms with Gasteiger partial charge < -0.3 is 5.32 Å².